The van der Waals surface area contributed by atoms with Gasteiger partial charge >= 0.3 is 0 Å². The van der Waals surface area contributed by atoms with Crippen molar-refractivity contribution in [1.29, 1.82) is 0 Å². The van der Waals surface area contributed by atoms with E-state index in [1.54, 1.807) is 37.4 Å². The van der Waals surface area contributed by atoms with Gasteiger partial charge in [0.05, 0.1) is 42.0 Å². The number of nitrogens with zero attached hydrogens (tertiary/aromatic N) is 2. The first kappa shape index (κ1) is 19.8. The van der Waals surface area contributed by atoms with E-state index in [0.717, 1.165) is 16.3 Å². The molecule has 2 aromatic carbocycles. The molecule has 1 N–H and O–H groups in total. The topological polar surface area (TPSA) is 88.6 Å². The zero-order chi connectivity index (χ0) is 21.3. The van der Waals surface area contributed by atoms with Crippen molar-refractivity contribution in [2.75, 3.05) is 7.11 Å². The van der Waals surface area contributed by atoms with E-state index in [1.165, 1.54) is 28.4 Å². The SMILES string of the molecule is COc1ccc(CN2C(=O)c3ccc(C(=O)NCc4csc(C)n4)cc3C2=O)cc1. The molecule has 0 aliphatic carbocycles. The Labute approximate surface area is 177 Å². The average Bonchev–Trinajstić information content (AvgIpc) is 3.28. The van der Waals surface area contributed by atoms with Gasteiger partial charge in [-0.15, -0.1) is 11.3 Å². The van der Waals surface area contributed by atoms with Gasteiger partial charge in [0, 0.05) is 10.9 Å². The summed E-state index contributed by atoms with van der Waals surface area (Å²) in [5.74, 6) is -0.395. The summed E-state index contributed by atoms with van der Waals surface area (Å²) in [6.07, 6.45) is 0. The molecule has 0 unspecified atom stereocenters. The van der Waals surface area contributed by atoms with Gasteiger partial charge in [0.15, 0.2) is 0 Å². The second kappa shape index (κ2) is 8.08. The molecule has 0 spiro atoms. The second-order valence-electron chi connectivity index (χ2n) is 6.85. The van der Waals surface area contributed by atoms with E-state index in [-0.39, 0.29) is 23.9 Å². The summed E-state index contributed by atoms with van der Waals surface area (Å²) in [5.41, 5.74) is 2.46. The van der Waals surface area contributed by atoms with E-state index in [2.05, 4.69) is 10.3 Å². The number of aryl methyl sites for hydroxylation is 1. The van der Waals surface area contributed by atoms with Gasteiger partial charge in [-0.3, -0.25) is 19.3 Å². The normalized spacial score (nSPS) is 12.8. The molecule has 3 aromatic rings. The number of thiazole rings is 1. The van der Waals surface area contributed by atoms with Crippen molar-refractivity contribution >= 4 is 29.1 Å². The summed E-state index contributed by atoms with van der Waals surface area (Å²) < 4.78 is 5.13. The smallest absolute Gasteiger partial charge is 0.261 e. The Morgan fingerprint density at radius 1 is 1.10 bits per heavy atom. The van der Waals surface area contributed by atoms with Crippen molar-refractivity contribution < 1.29 is 19.1 Å². The first-order chi connectivity index (χ1) is 14.5. The molecule has 2 heterocycles. The van der Waals surface area contributed by atoms with Gasteiger partial charge in [0.1, 0.15) is 5.75 Å². The molecular weight excluding hydrogens is 402 g/mol. The van der Waals surface area contributed by atoms with Gasteiger partial charge in [0.25, 0.3) is 17.7 Å². The zero-order valence-corrected chi connectivity index (χ0v) is 17.3. The van der Waals surface area contributed by atoms with Crippen LogP contribution in [0.1, 0.15) is 47.3 Å². The van der Waals surface area contributed by atoms with E-state index in [9.17, 15) is 14.4 Å². The molecule has 0 saturated carbocycles. The van der Waals surface area contributed by atoms with Crippen molar-refractivity contribution in [2.45, 2.75) is 20.0 Å². The highest BCUT2D eigenvalue weighted by Gasteiger charge is 2.36. The molecule has 7 nitrogen and oxygen atoms in total. The van der Waals surface area contributed by atoms with Crippen LogP contribution in [0.15, 0.2) is 47.8 Å². The van der Waals surface area contributed by atoms with Crippen molar-refractivity contribution in [2.24, 2.45) is 0 Å². The minimum Gasteiger partial charge on any atom is -0.497 e. The number of rotatable bonds is 6. The van der Waals surface area contributed by atoms with E-state index >= 15 is 0 Å². The molecule has 0 atom stereocenters. The Kier molecular flexibility index (Phi) is 5.33. The van der Waals surface area contributed by atoms with Gasteiger partial charge in [-0.05, 0) is 42.8 Å². The van der Waals surface area contributed by atoms with Crippen molar-refractivity contribution in [1.82, 2.24) is 15.2 Å². The number of imide groups is 1. The van der Waals surface area contributed by atoms with E-state index in [4.69, 9.17) is 4.74 Å². The van der Waals surface area contributed by atoms with E-state index < -0.39 is 5.91 Å². The number of methoxy groups -OCH3 is 1. The number of aromatic nitrogens is 1. The Hall–Kier alpha value is -3.52. The van der Waals surface area contributed by atoms with Gasteiger partial charge in [-0.25, -0.2) is 4.98 Å². The van der Waals surface area contributed by atoms with Crippen LogP contribution in [-0.2, 0) is 13.1 Å². The molecule has 0 radical (unpaired) electrons. The van der Waals surface area contributed by atoms with Crippen molar-refractivity contribution in [3.8, 4) is 5.75 Å². The predicted octanol–water partition coefficient (Wildman–Crippen LogP) is 3.19. The fourth-order valence-corrected chi connectivity index (χ4v) is 3.86. The molecular formula is C22H19N3O4S. The summed E-state index contributed by atoms with van der Waals surface area (Å²) in [6, 6.07) is 11.7. The third kappa shape index (κ3) is 3.81. The summed E-state index contributed by atoms with van der Waals surface area (Å²) in [4.78, 5) is 43.5. The minimum atomic E-state index is -0.407. The maximum absolute atomic E-state index is 12.8. The van der Waals surface area contributed by atoms with Crippen LogP contribution >= 0.6 is 11.3 Å². The Balaban J connectivity index is 1.48. The lowest BCUT2D eigenvalue weighted by atomic mass is 10.1. The summed E-state index contributed by atoms with van der Waals surface area (Å²) >= 11 is 1.51. The number of benzene rings is 2. The summed E-state index contributed by atoms with van der Waals surface area (Å²) in [7, 11) is 1.57. The average molecular weight is 421 g/mol. The van der Waals surface area contributed by atoms with Crippen molar-refractivity contribution in [3.05, 3.63) is 80.8 Å². The van der Waals surface area contributed by atoms with Gasteiger partial charge < -0.3 is 10.1 Å². The lowest BCUT2D eigenvalue weighted by molar-refractivity contribution is 0.0642. The molecule has 30 heavy (non-hydrogen) atoms. The van der Waals surface area contributed by atoms with Crippen molar-refractivity contribution in [3.63, 3.8) is 0 Å². The fraction of sp³-hybridized carbons (Fsp3) is 0.182. The molecule has 1 aliphatic rings. The highest BCUT2D eigenvalue weighted by molar-refractivity contribution is 7.09. The number of fused-ring (bicyclic) bond motifs is 1. The maximum Gasteiger partial charge on any atom is 0.261 e. The number of nitrogens with one attached hydrogen (secondary N) is 1. The molecule has 0 fully saturated rings. The third-order valence-electron chi connectivity index (χ3n) is 4.83. The van der Waals surface area contributed by atoms with Crippen LogP contribution in [0.4, 0.5) is 0 Å². The predicted molar refractivity (Wildman–Crippen MR) is 112 cm³/mol. The molecule has 8 heteroatoms. The van der Waals surface area contributed by atoms with Crippen LogP contribution in [0.25, 0.3) is 0 Å². The number of hydrogen-bond acceptors (Lipinski definition) is 6. The summed E-state index contributed by atoms with van der Waals surface area (Å²) in [6.45, 7) is 2.36. The quantitative estimate of drug-likeness (QED) is 0.618. The van der Waals surface area contributed by atoms with Crippen LogP contribution in [0.3, 0.4) is 0 Å². The maximum atomic E-state index is 12.8. The lowest BCUT2D eigenvalue weighted by Gasteiger charge is -2.14. The van der Waals surface area contributed by atoms with Gasteiger partial charge in [-0.2, -0.15) is 0 Å². The number of ether oxygens (including phenoxy) is 1. The Morgan fingerprint density at radius 2 is 1.83 bits per heavy atom. The molecule has 152 valence electrons. The molecule has 0 saturated heterocycles. The highest BCUT2D eigenvalue weighted by Crippen LogP contribution is 2.26. The van der Waals surface area contributed by atoms with Gasteiger partial charge in [-0.1, -0.05) is 12.1 Å². The zero-order valence-electron chi connectivity index (χ0n) is 16.5. The molecule has 3 amide bonds. The molecule has 0 bridgehead atoms. The van der Waals surface area contributed by atoms with E-state index in [1.807, 2.05) is 12.3 Å². The monoisotopic (exact) mass is 421 g/mol. The number of amides is 3. The Morgan fingerprint density at radius 3 is 2.50 bits per heavy atom. The van der Waals surface area contributed by atoms with Gasteiger partial charge in [0.2, 0.25) is 0 Å². The molecule has 4 rings (SSSR count). The van der Waals surface area contributed by atoms with Crippen LogP contribution in [0, 0.1) is 6.92 Å². The first-order valence-corrected chi connectivity index (χ1v) is 10.2. The minimum absolute atomic E-state index is 0.154. The lowest BCUT2D eigenvalue weighted by Crippen LogP contribution is -2.29. The van der Waals surface area contributed by atoms with Crippen LogP contribution in [0.2, 0.25) is 0 Å². The largest absolute Gasteiger partial charge is 0.497 e. The molecule has 1 aliphatic heterocycles. The number of hydrogen-bond donors (Lipinski definition) is 1. The van der Waals surface area contributed by atoms with E-state index in [0.29, 0.717) is 23.4 Å². The van der Waals surface area contributed by atoms with Crippen LogP contribution in [-0.4, -0.2) is 34.7 Å². The second-order valence-corrected chi connectivity index (χ2v) is 7.91. The number of carbonyl (C=O) groups excluding carboxylic acids is 3. The first-order valence-electron chi connectivity index (χ1n) is 9.28. The third-order valence-corrected chi connectivity index (χ3v) is 5.65. The summed E-state index contributed by atoms with van der Waals surface area (Å²) in [5, 5.41) is 5.61. The Bertz CT molecular complexity index is 1140. The fourth-order valence-electron chi connectivity index (χ4n) is 3.25. The number of carbonyl (C=O) groups is 3. The molecule has 1 aromatic heterocycles. The van der Waals surface area contributed by atoms with Crippen LogP contribution in [0.5, 0.6) is 5.75 Å². The standard InChI is InChI=1S/C22H19N3O4S/c1-13-24-16(12-30-13)10-23-20(26)15-5-8-18-19(9-15)22(28)25(21(18)27)11-14-3-6-17(29-2)7-4-14/h3-9,12H,10-11H2,1-2H3,(H,23,26). The van der Waals surface area contributed by atoms with Crippen LogP contribution < -0.4 is 10.1 Å². The highest BCUT2D eigenvalue weighted by atomic mass is 32.1.